The molecule has 4 aromatic rings. The maximum atomic E-state index is 12.3. The van der Waals surface area contributed by atoms with Gasteiger partial charge in [-0.05, 0) is 24.3 Å². The van der Waals surface area contributed by atoms with Crippen LogP contribution in [-0.4, -0.2) is 14.7 Å². The van der Waals surface area contributed by atoms with Gasteiger partial charge in [0.1, 0.15) is 11.3 Å². The van der Waals surface area contributed by atoms with Gasteiger partial charge in [-0.3, -0.25) is 4.79 Å². The van der Waals surface area contributed by atoms with Gasteiger partial charge in [0.15, 0.2) is 11.5 Å². The molecule has 0 bridgehead atoms. The standard InChI is InChI=1S/C20H16N2O3/c1-22-12-16(14-10-11-21-18(14)20(22)24)15-8-5-9-17(23)19(15)25-13-6-3-2-4-7-13/h2-12,21,23H,1H3. The van der Waals surface area contributed by atoms with Gasteiger partial charge in [0.2, 0.25) is 0 Å². The van der Waals surface area contributed by atoms with Crippen LogP contribution in [0.15, 0.2) is 71.8 Å². The van der Waals surface area contributed by atoms with Gasteiger partial charge in [-0.15, -0.1) is 0 Å². The number of hydrogen-bond donors (Lipinski definition) is 2. The van der Waals surface area contributed by atoms with Crippen molar-refractivity contribution in [2.45, 2.75) is 0 Å². The summed E-state index contributed by atoms with van der Waals surface area (Å²) in [6.45, 7) is 0. The second-order valence-corrected chi connectivity index (χ2v) is 5.79. The van der Waals surface area contributed by atoms with E-state index in [4.69, 9.17) is 4.74 Å². The highest BCUT2D eigenvalue weighted by molar-refractivity contribution is 5.96. The number of aromatic hydroxyl groups is 1. The minimum atomic E-state index is -0.102. The fourth-order valence-corrected chi connectivity index (χ4v) is 2.93. The number of H-pyrrole nitrogens is 1. The molecule has 2 aromatic carbocycles. The molecule has 2 N–H and O–H groups in total. The number of nitrogens with one attached hydrogen (secondary N) is 1. The zero-order valence-electron chi connectivity index (χ0n) is 13.6. The molecule has 0 unspecified atom stereocenters. The van der Waals surface area contributed by atoms with Gasteiger partial charge in [-0.25, -0.2) is 0 Å². The molecule has 2 heterocycles. The zero-order valence-corrected chi connectivity index (χ0v) is 13.6. The molecule has 5 nitrogen and oxygen atoms in total. The Kier molecular flexibility index (Phi) is 3.54. The Balaban J connectivity index is 1.96. The summed E-state index contributed by atoms with van der Waals surface area (Å²) >= 11 is 0. The van der Waals surface area contributed by atoms with Crippen LogP contribution < -0.4 is 10.3 Å². The smallest absolute Gasteiger partial charge is 0.274 e. The minimum absolute atomic E-state index is 0.0406. The SMILES string of the molecule is Cn1cc(-c2cccc(O)c2Oc2ccccc2)c2cc[nH]c2c1=O. The monoisotopic (exact) mass is 332 g/mol. The summed E-state index contributed by atoms with van der Waals surface area (Å²) in [5, 5.41) is 11.1. The molecule has 0 aliphatic heterocycles. The molecule has 5 heteroatoms. The predicted octanol–water partition coefficient (Wildman–Crippen LogP) is 4.03. The van der Waals surface area contributed by atoms with Gasteiger partial charge in [0, 0.05) is 36.0 Å². The normalized spacial score (nSPS) is 10.9. The Morgan fingerprint density at radius 2 is 1.80 bits per heavy atom. The van der Waals surface area contributed by atoms with Crippen LogP contribution in [0.1, 0.15) is 0 Å². The third-order valence-corrected chi connectivity index (χ3v) is 4.14. The third kappa shape index (κ3) is 2.55. The number of ether oxygens (including phenoxy) is 1. The van der Waals surface area contributed by atoms with E-state index in [-0.39, 0.29) is 11.3 Å². The average Bonchev–Trinajstić information content (AvgIpc) is 3.11. The Morgan fingerprint density at radius 3 is 2.60 bits per heavy atom. The first kappa shape index (κ1) is 15.1. The number of phenols is 1. The first-order chi connectivity index (χ1) is 12.1. The van der Waals surface area contributed by atoms with E-state index in [1.165, 1.54) is 4.57 Å². The molecule has 124 valence electrons. The molecule has 25 heavy (non-hydrogen) atoms. The van der Waals surface area contributed by atoms with E-state index in [0.29, 0.717) is 22.6 Å². The summed E-state index contributed by atoms with van der Waals surface area (Å²) in [4.78, 5) is 15.3. The Labute approximate surface area is 143 Å². The second-order valence-electron chi connectivity index (χ2n) is 5.79. The van der Waals surface area contributed by atoms with E-state index >= 15 is 0 Å². The number of aromatic amines is 1. The highest BCUT2D eigenvalue weighted by Crippen LogP contribution is 2.41. The first-order valence-corrected chi connectivity index (χ1v) is 7.87. The van der Waals surface area contributed by atoms with Gasteiger partial charge in [-0.1, -0.05) is 30.3 Å². The van der Waals surface area contributed by atoms with E-state index in [1.54, 1.807) is 31.6 Å². The third-order valence-electron chi connectivity index (χ3n) is 4.14. The predicted molar refractivity (Wildman–Crippen MR) is 97.2 cm³/mol. The number of nitrogens with zero attached hydrogens (tertiary/aromatic N) is 1. The van der Waals surface area contributed by atoms with Gasteiger partial charge in [0.05, 0.1) is 0 Å². The van der Waals surface area contributed by atoms with Crippen LogP contribution in [0.25, 0.3) is 22.0 Å². The number of rotatable bonds is 3. The van der Waals surface area contributed by atoms with Crippen molar-refractivity contribution in [1.82, 2.24) is 9.55 Å². The largest absolute Gasteiger partial charge is 0.504 e. The number of aryl methyl sites for hydroxylation is 1. The quantitative estimate of drug-likeness (QED) is 0.595. The highest BCUT2D eigenvalue weighted by atomic mass is 16.5. The number of fused-ring (bicyclic) bond motifs is 1. The zero-order chi connectivity index (χ0) is 17.4. The molecule has 0 spiro atoms. The van der Waals surface area contributed by atoms with Crippen molar-refractivity contribution < 1.29 is 9.84 Å². The number of hydrogen-bond acceptors (Lipinski definition) is 3. The van der Waals surface area contributed by atoms with Crippen molar-refractivity contribution in [3.05, 3.63) is 77.3 Å². The van der Waals surface area contributed by atoms with Gasteiger partial charge >= 0.3 is 0 Å². The topological polar surface area (TPSA) is 67.2 Å². The van der Waals surface area contributed by atoms with Crippen LogP contribution in [0.2, 0.25) is 0 Å². The Hall–Kier alpha value is -3.47. The van der Waals surface area contributed by atoms with Gasteiger partial charge in [0.25, 0.3) is 5.56 Å². The Bertz CT molecular complexity index is 1110. The average molecular weight is 332 g/mol. The molecular formula is C20H16N2O3. The summed E-state index contributed by atoms with van der Waals surface area (Å²) in [6, 6.07) is 16.3. The molecule has 0 aliphatic rings. The molecule has 0 amide bonds. The van der Waals surface area contributed by atoms with Crippen molar-refractivity contribution in [3.63, 3.8) is 0 Å². The maximum absolute atomic E-state index is 12.3. The molecule has 2 aromatic heterocycles. The molecule has 0 radical (unpaired) electrons. The number of pyridine rings is 1. The molecule has 0 fully saturated rings. The lowest BCUT2D eigenvalue weighted by atomic mass is 10.0. The lowest BCUT2D eigenvalue weighted by molar-refractivity contribution is 0.412. The van der Waals surface area contributed by atoms with Gasteiger partial charge < -0.3 is 19.4 Å². The maximum Gasteiger partial charge on any atom is 0.274 e. The molecule has 0 saturated carbocycles. The first-order valence-electron chi connectivity index (χ1n) is 7.87. The van der Waals surface area contributed by atoms with Crippen molar-refractivity contribution >= 4 is 10.9 Å². The second kappa shape index (κ2) is 5.87. The van der Waals surface area contributed by atoms with E-state index < -0.39 is 0 Å². The minimum Gasteiger partial charge on any atom is -0.504 e. The molecule has 0 atom stereocenters. The highest BCUT2D eigenvalue weighted by Gasteiger charge is 2.17. The van der Waals surface area contributed by atoms with Gasteiger partial charge in [-0.2, -0.15) is 0 Å². The van der Waals surface area contributed by atoms with Crippen LogP contribution in [0.4, 0.5) is 0 Å². The molecule has 0 aliphatic carbocycles. The van der Waals surface area contributed by atoms with E-state index in [9.17, 15) is 9.90 Å². The van der Waals surface area contributed by atoms with Crippen LogP contribution in [-0.2, 0) is 7.05 Å². The summed E-state index contributed by atoms with van der Waals surface area (Å²) in [5.74, 6) is 1.02. The van der Waals surface area contributed by atoms with Crippen LogP contribution in [0.5, 0.6) is 17.2 Å². The number of para-hydroxylation sites is 2. The van der Waals surface area contributed by atoms with Crippen LogP contribution in [0.3, 0.4) is 0 Å². The Morgan fingerprint density at radius 1 is 1.00 bits per heavy atom. The number of phenolic OH excluding ortho intramolecular Hbond substituents is 1. The molecule has 0 saturated heterocycles. The fraction of sp³-hybridized carbons (Fsp3) is 0.0500. The summed E-state index contributed by atoms with van der Waals surface area (Å²) in [7, 11) is 1.70. The summed E-state index contributed by atoms with van der Waals surface area (Å²) < 4.78 is 7.46. The lowest BCUT2D eigenvalue weighted by Crippen LogP contribution is -2.16. The number of benzene rings is 2. The van der Waals surface area contributed by atoms with E-state index in [2.05, 4.69) is 4.98 Å². The van der Waals surface area contributed by atoms with E-state index in [1.807, 2.05) is 42.5 Å². The van der Waals surface area contributed by atoms with Crippen molar-refractivity contribution in [3.8, 4) is 28.4 Å². The number of aromatic nitrogens is 2. The summed E-state index contributed by atoms with van der Waals surface area (Å²) in [6.07, 6.45) is 3.49. The van der Waals surface area contributed by atoms with Crippen molar-refractivity contribution in [2.24, 2.45) is 7.05 Å². The van der Waals surface area contributed by atoms with Crippen LogP contribution in [0, 0.1) is 0 Å². The summed E-state index contributed by atoms with van der Waals surface area (Å²) in [5.41, 5.74) is 1.94. The van der Waals surface area contributed by atoms with Crippen molar-refractivity contribution in [2.75, 3.05) is 0 Å². The molecule has 4 rings (SSSR count). The molecular weight excluding hydrogens is 316 g/mol. The fourth-order valence-electron chi connectivity index (χ4n) is 2.93. The van der Waals surface area contributed by atoms with E-state index in [0.717, 1.165) is 10.9 Å². The lowest BCUT2D eigenvalue weighted by Gasteiger charge is -2.14. The van der Waals surface area contributed by atoms with Crippen LogP contribution >= 0.6 is 0 Å². The van der Waals surface area contributed by atoms with Crippen molar-refractivity contribution in [1.29, 1.82) is 0 Å².